The monoisotopic (exact) mass is 367 g/mol. The van der Waals surface area contributed by atoms with Gasteiger partial charge in [-0.3, -0.25) is 0 Å². The van der Waals surface area contributed by atoms with Crippen LogP contribution in [0, 0.1) is 0 Å². The number of unbranched alkanes of at least 4 members (excludes halogenated alkanes) is 1. The van der Waals surface area contributed by atoms with Gasteiger partial charge in [0, 0.05) is 16.3 Å². The quantitative estimate of drug-likeness (QED) is 0.351. The number of guanidine groups is 1. The van der Waals surface area contributed by atoms with Crippen molar-refractivity contribution in [2.75, 3.05) is 6.54 Å². The van der Waals surface area contributed by atoms with Crippen molar-refractivity contribution in [1.29, 1.82) is 0 Å². The second-order valence-corrected chi connectivity index (χ2v) is 4.96. The molecule has 0 aliphatic rings. The lowest BCUT2D eigenvalue weighted by Crippen LogP contribution is -2.32. The van der Waals surface area contributed by atoms with Gasteiger partial charge < -0.3 is 11.1 Å². The molecular weight excluding hydrogens is 345 g/mol. The number of nitrogens with one attached hydrogen (secondary N) is 1. The molecule has 0 unspecified atom stereocenters. The Kier molecular flexibility index (Phi) is 9.53. The second kappa shape index (κ2) is 9.70. The van der Waals surface area contributed by atoms with Crippen molar-refractivity contribution in [2.45, 2.75) is 39.7 Å². The highest BCUT2D eigenvalue weighted by molar-refractivity contribution is 14.0. The van der Waals surface area contributed by atoms with Gasteiger partial charge in [-0.25, -0.2) is 4.99 Å². The van der Waals surface area contributed by atoms with Gasteiger partial charge in [-0.2, -0.15) is 0 Å². The number of nitrogens with two attached hydrogens (primary N) is 1. The van der Waals surface area contributed by atoms with E-state index in [2.05, 4.69) is 36.3 Å². The van der Waals surface area contributed by atoms with Crippen LogP contribution in [0.3, 0.4) is 0 Å². The van der Waals surface area contributed by atoms with Gasteiger partial charge in [0.2, 0.25) is 0 Å². The first-order valence-corrected chi connectivity index (χ1v) is 6.69. The van der Waals surface area contributed by atoms with Crippen molar-refractivity contribution >= 4 is 41.3 Å². The number of hydrogen-bond donors (Lipinski definition) is 2. The highest BCUT2D eigenvalue weighted by Gasteiger charge is 1.97. The van der Waals surface area contributed by atoms with Gasteiger partial charge in [-0.15, -0.1) is 35.3 Å². The van der Waals surface area contributed by atoms with Crippen molar-refractivity contribution in [2.24, 2.45) is 10.7 Å². The summed E-state index contributed by atoms with van der Waals surface area (Å²) in [5, 5.41) is 3.11. The molecule has 1 rings (SSSR count). The van der Waals surface area contributed by atoms with E-state index in [1.54, 1.807) is 0 Å². The summed E-state index contributed by atoms with van der Waals surface area (Å²) in [5.41, 5.74) is 5.75. The summed E-state index contributed by atoms with van der Waals surface area (Å²) in [4.78, 5) is 6.99. The Bertz CT molecular complexity index is 336. The first-order chi connectivity index (χ1) is 7.76. The van der Waals surface area contributed by atoms with Crippen molar-refractivity contribution in [1.82, 2.24) is 5.32 Å². The van der Waals surface area contributed by atoms with Crippen LogP contribution in [0.25, 0.3) is 0 Å². The Hall–Kier alpha value is -0.300. The molecule has 98 valence electrons. The summed E-state index contributed by atoms with van der Waals surface area (Å²) in [5.74, 6) is 0.555. The first kappa shape index (κ1) is 16.7. The lowest BCUT2D eigenvalue weighted by Gasteiger charge is -2.03. The summed E-state index contributed by atoms with van der Waals surface area (Å²) >= 11 is 1.81. The van der Waals surface area contributed by atoms with Crippen LogP contribution in [0.4, 0.5) is 0 Å². The number of nitrogens with zero attached hydrogens (tertiary/aromatic N) is 1. The molecule has 0 radical (unpaired) electrons. The topological polar surface area (TPSA) is 50.4 Å². The zero-order chi connectivity index (χ0) is 11.8. The van der Waals surface area contributed by atoms with Gasteiger partial charge in [0.15, 0.2) is 5.96 Å². The smallest absolute Gasteiger partial charge is 0.188 e. The third-order valence-corrected chi connectivity index (χ3v) is 3.52. The number of halogens is 1. The van der Waals surface area contributed by atoms with E-state index in [-0.39, 0.29) is 24.0 Å². The molecule has 5 heteroatoms. The van der Waals surface area contributed by atoms with Gasteiger partial charge in [-0.1, -0.05) is 20.3 Å². The van der Waals surface area contributed by atoms with E-state index in [9.17, 15) is 0 Å². The van der Waals surface area contributed by atoms with Gasteiger partial charge in [-0.05, 0) is 25.0 Å². The third-order valence-electron chi connectivity index (χ3n) is 2.31. The number of hydrogen-bond acceptors (Lipinski definition) is 2. The number of rotatable bonds is 6. The van der Waals surface area contributed by atoms with E-state index < -0.39 is 0 Å². The molecule has 0 fully saturated rings. The summed E-state index contributed by atoms with van der Waals surface area (Å²) < 4.78 is 0. The lowest BCUT2D eigenvalue weighted by molar-refractivity contribution is 0.748. The van der Waals surface area contributed by atoms with Crippen molar-refractivity contribution in [3.8, 4) is 0 Å². The molecule has 0 aliphatic carbocycles. The van der Waals surface area contributed by atoms with E-state index >= 15 is 0 Å². The van der Waals surface area contributed by atoms with Crippen LogP contribution in [-0.4, -0.2) is 12.5 Å². The van der Waals surface area contributed by atoms with Crippen LogP contribution in [0.15, 0.2) is 17.1 Å². The van der Waals surface area contributed by atoms with E-state index in [0.29, 0.717) is 12.5 Å². The fourth-order valence-corrected chi connectivity index (χ4v) is 2.19. The third kappa shape index (κ3) is 6.88. The maximum Gasteiger partial charge on any atom is 0.188 e. The molecule has 0 saturated carbocycles. The lowest BCUT2D eigenvalue weighted by atomic mass is 10.3. The Morgan fingerprint density at radius 1 is 1.35 bits per heavy atom. The van der Waals surface area contributed by atoms with Crippen LogP contribution in [0.1, 0.15) is 36.4 Å². The van der Waals surface area contributed by atoms with Crippen molar-refractivity contribution in [3.63, 3.8) is 0 Å². The van der Waals surface area contributed by atoms with E-state index in [0.717, 1.165) is 19.4 Å². The molecule has 0 aromatic carbocycles. The number of aliphatic imine (C=N–C) groups is 1. The molecule has 0 atom stereocenters. The highest BCUT2D eigenvalue weighted by Crippen LogP contribution is 2.17. The van der Waals surface area contributed by atoms with E-state index in [4.69, 9.17) is 5.73 Å². The van der Waals surface area contributed by atoms with Crippen LogP contribution >= 0.6 is 35.3 Å². The summed E-state index contributed by atoms with van der Waals surface area (Å²) in [6, 6.07) is 4.29. The van der Waals surface area contributed by atoms with Crippen LogP contribution < -0.4 is 11.1 Å². The standard InChI is InChI=1S/C12H21N3S.HI/c1-3-5-8-14-12(13)15-9-11-7-6-10(4-2)16-11;/h6-7H,3-5,8-9H2,1-2H3,(H3,13,14,15);1H. The van der Waals surface area contributed by atoms with Gasteiger partial charge in [0.1, 0.15) is 0 Å². The minimum Gasteiger partial charge on any atom is -0.370 e. The predicted molar refractivity (Wildman–Crippen MR) is 87.3 cm³/mol. The average Bonchev–Trinajstić information content (AvgIpc) is 2.74. The largest absolute Gasteiger partial charge is 0.370 e. The Labute approximate surface area is 125 Å². The zero-order valence-corrected chi connectivity index (χ0v) is 13.7. The van der Waals surface area contributed by atoms with Crippen LogP contribution in [0.5, 0.6) is 0 Å². The molecule has 0 bridgehead atoms. The zero-order valence-electron chi connectivity index (χ0n) is 10.5. The second-order valence-electron chi connectivity index (χ2n) is 3.70. The molecule has 1 aromatic rings. The molecule has 3 nitrogen and oxygen atoms in total. The minimum atomic E-state index is 0. The van der Waals surface area contributed by atoms with Gasteiger partial charge >= 0.3 is 0 Å². The van der Waals surface area contributed by atoms with E-state index in [1.165, 1.54) is 16.2 Å². The van der Waals surface area contributed by atoms with Crippen LogP contribution in [-0.2, 0) is 13.0 Å². The summed E-state index contributed by atoms with van der Waals surface area (Å²) in [6.07, 6.45) is 3.40. The number of thiophene rings is 1. The van der Waals surface area contributed by atoms with Gasteiger partial charge in [0.05, 0.1) is 6.54 Å². The fraction of sp³-hybridized carbons (Fsp3) is 0.583. The van der Waals surface area contributed by atoms with Gasteiger partial charge in [0.25, 0.3) is 0 Å². The Balaban J connectivity index is 0.00000256. The average molecular weight is 367 g/mol. The molecular formula is C12H22IN3S. The Morgan fingerprint density at radius 3 is 2.65 bits per heavy atom. The Morgan fingerprint density at radius 2 is 2.06 bits per heavy atom. The maximum atomic E-state index is 5.75. The molecule has 1 heterocycles. The summed E-state index contributed by atoms with van der Waals surface area (Å²) in [7, 11) is 0. The molecule has 0 saturated heterocycles. The summed E-state index contributed by atoms with van der Waals surface area (Å²) in [6.45, 7) is 5.93. The predicted octanol–water partition coefficient (Wildman–Crippen LogP) is 3.13. The van der Waals surface area contributed by atoms with Crippen molar-refractivity contribution in [3.05, 3.63) is 21.9 Å². The highest BCUT2D eigenvalue weighted by atomic mass is 127. The van der Waals surface area contributed by atoms with E-state index in [1.807, 2.05) is 11.3 Å². The SMILES string of the molecule is CCCCNC(N)=NCc1ccc(CC)s1.I. The molecule has 1 aromatic heterocycles. The normalized spacial score (nSPS) is 11.1. The molecule has 0 spiro atoms. The number of aryl methyl sites for hydroxylation is 1. The maximum absolute atomic E-state index is 5.75. The minimum absolute atomic E-state index is 0. The fourth-order valence-electron chi connectivity index (χ4n) is 1.31. The molecule has 0 amide bonds. The van der Waals surface area contributed by atoms with Crippen molar-refractivity contribution < 1.29 is 0 Å². The van der Waals surface area contributed by atoms with Crippen LogP contribution in [0.2, 0.25) is 0 Å². The molecule has 17 heavy (non-hydrogen) atoms. The molecule has 3 N–H and O–H groups in total. The molecule has 0 aliphatic heterocycles. The first-order valence-electron chi connectivity index (χ1n) is 5.87.